The molecule has 2 aromatic heterocycles. The summed E-state index contributed by atoms with van der Waals surface area (Å²) in [4.78, 5) is 24.3. The minimum Gasteiger partial charge on any atom is -0.436 e. The topological polar surface area (TPSA) is 59.2 Å². The molecule has 0 bridgehead atoms. The Labute approximate surface area is 149 Å². The first kappa shape index (κ1) is 17.6. The van der Waals surface area contributed by atoms with Crippen molar-refractivity contribution in [1.29, 1.82) is 0 Å². The van der Waals surface area contributed by atoms with Gasteiger partial charge in [0, 0.05) is 19.2 Å². The summed E-state index contributed by atoms with van der Waals surface area (Å²) in [6, 6.07) is 4.28. The second kappa shape index (κ2) is 7.38. The lowest BCUT2D eigenvalue weighted by Crippen LogP contribution is -2.44. The van der Waals surface area contributed by atoms with Gasteiger partial charge in [0.15, 0.2) is 5.89 Å². The van der Waals surface area contributed by atoms with Gasteiger partial charge < -0.3 is 9.32 Å². The van der Waals surface area contributed by atoms with Crippen LogP contribution in [0, 0.1) is 13.8 Å². The Morgan fingerprint density at radius 1 is 1.36 bits per heavy atom. The molecule has 1 aliphatic carbocycles. The fraction of sp³-hybridized carbons (Fsp3) is 0.550. The number of hydrogen-bond donors (Lipinski definition) is 0. The van der Waals surface area contributed by atoms with Crippen LogP contribution in [-0.2, 0) is 6.42 Å². The first-order chi connectivity index (χ1) is 12.1. The zero-order valence-corrected chi connectivity index (χ0v) is 15.6. The van der Waals surface area contributed by atoms with Crippen LogP contribution in [0.5, 0.6) is 0 Å². The number of oxazole rings is 1. The van der Waals surface area contributed by atoms with E-state index in [1.807, 2.05) is 24.1 Å². The number of aryl methyl sites for hydroxylation is 3. The van der Waals surface area contributed by atoms with E-state index in [1.165, 1.54) is 5.56 Å². The van der Waals surface area contributed by atoms with Crippen LogP contribution in [0.4, 0.5) is 0 Å². The average molecular weight is 341 g/mol. The van der Waals surface area contributed by atoms with E-state index in [9.17, 15) is 4.79 Å². The Balaban J connectivity index is 2.04. The summed E-state index contributed by atoms with van der Waals surface area (Å²) in [6.45, 7) is 7.88. The first-order valence-electron chi connectivity index (χ1n) is 9.27. The van der Waals surface area contributed by atoms with Crippen LogP contribution in [0.15, 0.2) is 22.7 Å². The van der Waals surface area contributed by atoms with Crippen LogP contribution in [-0.4, -0.2) is 26.8 Å². The van der Waals surface area contributed by atoms with E-state index in [-0.39, 0.29) is 18.0 Å². The van der Waals surface area contributed by atoms with E-state index in [1.54, 1.807) is 6.92 Å². The number of fused-ring (bicyclic) bond motifs is 1. The third kappa shape index (κ3) is 3.32. The van der Waals surface area contributed by atoms with E-state index in [0.29, 0.717) is 17.3 Å². The zero-order valence-electron chi connectivity index (χ0n) is 15.6. The molecule has 2 aromatic rings. The van der Waals surface area contributed by atoms with Crippen molar-refractivity contribution in [2.45, 2.75) is 71.9 Å². The summed E-state index contributed by atoms with van der Waals surface area (Å²) in [5.41, 5.74) is 2.96. The Morgan fingerprint density at radius 2 is 2.12 bits per heavy atom. The molecule has 0 spiro atoms. The van der Waals surface area contributed by atoms with Gasteiger partial charge in [0.2, 0.25) is 5.76 Å². The van der Waals surface area contributed by atoms with Crippen molar-refractivity contribution in [3.63, 3.8) is 0 Å². The number of nitrogens with zero attached hydrogens (tertiary/aromatic N) is 3. The second-order valence-corrected chi connectivity index (χ2v) is 6.79. The number of pyridine rings is 1. The maximum Gasteiger partial charge on any atom is 0.292 e. The molecule has 2 heterocycles. The molecule has 1 atom stereocenters. The monoisotopic (exact) mass is 341 g/mol. The molecule has 0 radical (unpaired) electrons. The minimum absolute atomic E-state index is 0.00663. The second-order valence-electron chi connectivity index (χ2n) is 6.79. The molecular formula is C20H27N3O2. The summed E-state index contributed by atoms with van der Waals surface area (Å²) < 4.78 is 5.65. The fourth-order valence-electron chi connectivity index (χ4n) is 3.95. The van der Waals surface area contributed by atoms with Crippen LogP contribution < -0.4 is 0 Å². The highest BCUT2D eigenvalue weighted by Gasteiger charge is 2.36. The molecule has 5 heteroatoms. The van der Waals surface area contributed by atoms with Crippen LogP contribution in [0.3, 0.4) is 0 Å². The summed E-state index contributed by atoms with van der Waals surface area (Å²) >= 11 is 0. The van der Waals surface area contributed by atoms with Crippen LogP contribution in [0.1, 0.15) is 79.0 Å². The third-order valence-electron chi connectivity index (χ3n) is 5.17. The molecule has 0 saturated heterocycles. The SMILES string of the molecule is CCC(CC)N(C(=O)c1oc(C)nc1C)C1CCCc2cccnc21. The fourth-order valence-corrected chi connectivity index (χ4v) is 3.95. The van der Waals surface area contributed by atoms with Gasteiger partial charge in [0.1, 0.15) is 0 Å². The van der Waals surface area contributed by atoms with E-state index < -0.39 is 0 Å². The van der Waals surface area contributed by atoms with Gasteiger partial charge in [-0.15, -0.1) is 0 Å². The lowest BCUT2D eigenvalue weighted by molar-refractivity contribution is 0.0485. The van der Waals surface area contributed by atoms with Crippen LogP contribution in [0.2, 0.25) is 0 Å². The van der Waals surface area contributed by atoms with Gasteiger partial charge in [0.05, 0.1) is 17.4 Å². The van der Waals surface area contributed by atoms with E-state index in [2.05, 4.69) is 29.9 Å². The van der Waals surface area contributed by atoms with Gasteiger partial charge in [-0.3, -0.25) is 9.78 Å². The number of amides is 1. The van der Waals surface area contributed by atoms with Crippen molar-refractivity contribution < 1.29 is 9.21 Å². The molecule has 0 aliphatic heterocycles. The average Bonchev–Trinajstić information content (AvgIpc) is 2.97. The van der Waals surface area contributed by atoms with Gasteiger partial charge in [-0.2, -0.15) is 0 Å². The predicted molar refractivity (Wildman–Crippen MR) is 96.4 cm³/mol. The molecule has 0 N–H and O–H groups in total. The van der Waals surface area contributed by atoms with Crippen molar-refractivity contribution in [3.05, 3.63) is 46.9 Å². The number of aromatic nitrogens is 2. The summed E-state index contributed by atoms with van der Waals surface area (Å²) in [7, 11) is 0. The smallest absolute Gasteiger partial charge is 0.292 e. The van der Waals surface area contributed by atoms with Crippen molar-refractivity contribution in [2.24, 2.45) is 0 Å². The Morgan fingerprint density at radius 3 is 2.76 bits per heavy atom. The highest BCUT2D eigenvalue weighted by Crippen LogP contribution is 2.36. The molecule has 5 nitrogen and oxygen atoms in total. The van der Waals surface area contributed by atoms with Crippen molar-refractivity contribution in [3.8, 4) is 0 Å². The molecule has 0 fully saturated rings. The van der Waals surface area contributed by atoms with Gasteiger partial charge >= 0.3 is 0 Å². The number of rotatable bonds is 5. The van der Waals surface area contributed by atoms with Crippen LogP contribution >= 0.6 is 0 Å². The third-order valence-corrected chi connectivity index (χ3v) is 5.17. The number of carbonyl (C=O) groups excluding carboxylic acids is 1. The Bertz CT molecular complexity index is 749. The van der Waals surface area contributed by atoms with E-state index >= 15 is 0 Å². The number of carbonyl (C=O) groups is 1. The predicted octanol–water partition coefficient (Wildman–Crippen LogP) is 4.39. The molecule has 0 aromatic carbocycles. The van der Waals surface area contributed by atoms with Crippen LogP contribution in [0.25, 0.3) is 0 Å². The van der Waals surface area contributed by atoms with Gasteiger partial charge in [-0.05, 0) is 50.7 Å². The summed E-state index contributed by atoms with van der Waals surface area (Å²) in [6.07, 6.45) is 6.70. The van der Waals surface area contributed by atoms with Gasteiger partial charge in [-0.25, -0.2) is 4.98 Å². The van der Waals surface area contributed by atoms with Crippen molar-refractivity contribution in [1.82, 2.24) is 14.9 Å². The minimum atomic E-state index is -0.0599. The molecule has 3 rings (SSSR count). The van der Waals surface area contributed by atoms with Gasteiger partial charge in [-0.1, -0.05) is 19.9 Å². The first-order valence-corrected chi connectivity index (χ1v) is 9.27. The van der Waals surface area contributed by atoms with Crippen molar-refractivity contribution in [2.75, 3.05) is 0 Å². The summed E-state index contributed by atoms with van der Waals surface area (Å²) in [5, 5.41) is 0. The molecule has 1 amide bonds. The normalized spacial score (nSPS) is 16.8. The molecule has 1 aliphatic rings. The number of hydrogen-bond acceptors (Lipinski definition) is 4. The van der Waals surface area contributed by atoms with Gasteiger partial charge in [0.25, 0.3) is 5.91 Å². The molecule has 25 heavy (non-hydrogen) atoms. The van der Waals surface area contributed by atoms with Crippen molar-refractivity contribution >= 4 is 5.91 Å². The van der Waals surface area contributed by atoms with E-state index in [0.717, 1.165) is 37.8 Å². The molecular weight excluding hydrogens is 314 g/mol. The zero-order chi connectivity index (χ0) is 18.0. The largest absolute Gasteiger partial charge is 0.436 e. The standard InChI is InChI=1S/C20H27N3O2/c1-5-16(6-2)23(20(24)19-13(3)22-14(4)25-19)17-11-7-9-15-10-8-12-21-18(15)17/h8,10,12,16-17H,5-7,9,11H2,1-4H3. The molecule has 1 unspecified atom stereocenters. The summed E-state index contributed by atoms with van der Waals surface area (Å²) in [5.74, 6) is 0.843. The molecule has 0 saturated carbocycles. The van der Waals surface area contributed by atoms with E-state index in [4.69, 9.17) is 4.42 Å². The molecule has 134 valence electrons. The highest BCUT2D eigenvalue weighted by atomic mass is 16.4. The quantitative estimate of drug-likeness (QED) is 0.809. The lowest BCUT2D eigenvalue weighted by atomic mass is 9.89. The lowest BCUT2D eigenvalue weighted by Gasteiger charge is -2.39. The Kier molecular flexibility index (Phi) is 5.21. The maximum absolute atomic E-state index is 13.4. The maximum atomic E-state index is 13.4. The highest BCUT2D eigenvalue weighted by molar-refractivity contribution is 5.93. The Hall–Kier alpha value is -2.17.